The lowest BCUT2D eigenvalue weighted by atomic mass is 9.92. The Hall–Kier alpha value is -5.18. The number of pyridine rings is 1. The third-order valence-corrected chi connectivity index (χ3v) is 7.39. The smallest absolute Gasteiger partial charge is 0.324 e. The summed E-state index contributed by atoms with van der Waals surface area (Å²) in [5.41, 5.74) is 4.34. The van der Waals surface area contributed by atoms with Crippen molar-refractivity contribution in [2.24, 2.45) is 0 Å². The van der Waals surface area contributed by atoms with Crippen LogP contribution in [0.2, 0.25) is 0 Å². The highest BCUT2D eigenvalue weighted by atomic mass is 16.5. The molecule has 9 nitrogen and oxygen atoms in total. The summed E-state index contributed by atoms with van der Waals surface area (Å²) in [6.45, 7) is 12.1. The Bertz CT molecular complexity index is 1820. The summed E-state index contributed by atoms with van der Waals surface area (Å²) in [5.74, 6) is 1.74. The number of carbonyl (C=O) groups is 2. The number of rotatable bonds is 9. The van der Waals surface area contributed by atoms with E-state index in [1.807, 2.05) is 92.7 Å². The van der Waals surface area contributed by atoms with Gasteiger partial charge in [-0.25, -0.2) is 14.5 Å². The van der Waals surface area contributed by atoms with Gasteiger partial charge in [0.15, 0.2) is 0 Å². The van der Waals surface area contributed by atoms with E-state index in [1.54, 1.807) is 17.8 Å². The number of nitrogens with one attached hydrogen (secondary N) is 3. The summed E-state index contributed by atoms with van der Waals surface area (Å²) >= 11 is 0. The maximum atomic E-state index is 13.4. The summed E-state index contributed by atoms with van der Waals surface area (Å²) in [4.78, 5) is 29.4. The Kier molecular flexibility index (Phi) is 9.18. The number of benzene rings is 3. The number of urea groups is 1. The maximum Gasteiger partial charge on any atom is 0.324 e. The molecule has 0 bridgehead atoms. The van der Waals surface area contributed by atoms with Gasteiger partial charge in [-0.05, 0) is 55.8 Å². The molecule has 0 radical (unpaired) electrons. The second-order valence-electron chi connectivity index (χ2n) is 12.2. The zero-order valence-electron chi connectivity index (χ0n) is 26.6. The van der Waals surface area contributed by atoms with Crippen LogP contribution in [0, 0.1) is 6.92 Å². The van der Waals surface area contributed by atoms with E-state index >= 15 is 0 Å². The predicted octanol–water partition coefficient (Wildman–Crippen LogP) is 8.03. The molecule has 232 valence electrons. The topological polar surface area (TPSA) is 110 Å². The molecule has 2 heterocycles. The number of fused-ring (bicyclic) bond motifs is 1. The normalized spacial score (nSPS) is 12.0. The zero-order chi connectivity index (χ0) is 32.1. The van der Waals surface area contributed by atoms with E-state index in [4.69, 9.17) is 9.84 Å². The van der Waals surface area contributed by atoms with Crippen LogP contribution in [-0.2, 0) is 16.6 Å². The van der Waals surface area contributed by atoms with E-state index in [2.05, 4.69) is 41.7 Å². The Balaban J connectivity index is 1.33. The largest absolute Gasteiger partial charge is 0.490 e. The van der Waals surface area contributed by atoms with Crippen LogP contribution in [0.5, 0.6) is 5.75 Å². The molecule has 5 rings (SSSR count). The number of hydrogen-bond acceptors (Lipinski definition) is 5. The SMILES string of the molecule is CCC(=O)Nc1cc(CC(C)Oc2ccc(NC(=O)Nc3cc(C(C)(C)C)nn3-c3ccc(C)cc3)c3ccccc23)ccn1. The van der Waals surface area contributed by atoms with Gasteiger partial charge in [0.1, 0.15) is 17.4 Å². The van der Waals surface area contributed by atoms with Gasteiger partial charge in [-0.1, -0.05) is 69.7 Å². The van der Waals surface area contributed by atoms with Crippen molar-refractivity contribution in [3.63, 3.8) is 0 Å². The highest BCUT2D eigenvalue weighted by Crippen LogP contribution is 2.33. The lowest BCUT2D eigenvalue weighted by Gasteiger charge is -2.18. The Labute approximate surface area is 264 Å². The molecule has 2 aromatic heterocycles. The molecule has 45 heavy (non-hydrogen) atoms. The first-order valence-corrected chi connectivity index (χ1v) is 15.2. The first-order valence-electron chi connectivity index (χ1n) is 15.2. The zero-order valence-corrected chi connectivity index (χ0v) is 26.6. The molecule has 0 aliphatic carbocycles. The highest BCUT2D eigenvalue weighted by Gasteiger charge is 2.22. The molecule has 0 spiro atoms. The second kappa shape index (κ2) is 13.2. The minimum atomic E-state index is -0.375. The van der Waals surface area contributed by atoms with Gasteiger partial charge in [0.2, 0.25) is 5.91 Å². The van der Waals surface area contributed by atoms with Gasteiger partial charge in [0.05, 0.1) is 23.2 Å². The minimum absolute atomic E-state index is 0.0793. The van der Waals surface area contributed by atoms with Gasteiger partial charge < -0.3 is 15.4 Å². The van der Waals surface area contributed by atoms with E-state index in [1.165, 1.54) is 0 Å². The van der Waals surface area contributed by atoms with E-state index in [-0.39, 0.29) is 23.5 Å². The Morgan fingerprint density at radius 3 is 2.36 bits per heavy atom. The molecule has 1 unspecified atom stereocenters. The molecule has 3 N–H and O–H groups in total. The number of aromatic nitrogens is 3. The van der Waals surface area contributed by atoms with Gasteiger partial charge in [-0.15, -0.1) is 0 Å². The van der Waals surface area contributed by atoms with Crippen LogP contribution in [0.1, 0.15) is 57.9 Å². The van der Waals surface area contributed by atoms with Crippen molar-refractivity contribution in [3.05, 3.63) is 102 Å². The summed E-state index contributed by atoms with van der Waals surface area (Å²) in [6, 6.07) is 24.9. The van der Waals surface area contributed by atoms with Crippen LogP contribution >= 0.6 is 0 Å². The molecule has 0 aliphatic heterocycles. The van der Waals surface area contributed by atoms with E-state index in [0.29, 0.717) is 35.9 Å². The van der Waals surface area contributed by atoms with Crippen molar-refractivity contribution < 1.29 is 14.3 Å². The molecule has 5 aromatic rings. The summed E-state index contributed by atoms with van der Waals surface area (Å²) in [5, 5.41) is 15.4. The van der Waals surface area contributed by atoms with Gasteiger partial charge in [-0.3, -0.25) is 10.1 Å². The number of carbonyl (C=O) groups excluding carboxylic acids is 2. The lowest BCUT2D eigenvalue weighted by Crippen LogP contribution is -2.21. The third kappa shape index (κ3) is 7.67. The third-order valence-electron chi connectivity index (χ3n) is 7.39. The van der Waals surface area contributed by atoms with E-state index in [0.717, 1.165) is 33.3 Å². The number of aryl methyl sites for hydroxylation is 1. The number of ether oxygens (including phenoxy) is 1. The van der Waals surface area contributed by atoms with Crippen molar-refractivity contribution in [2.45, 2.75) is 65.9 Å². The standard InChI is InChI=1S/C36H40N6O3/c1-7-34(43)39-32-21-25(18-19-37-32)20-24(3)45-30-17-16-29(27-10-8-9-11-28(27)30)38-35(44)40-33-22-31(36(4,5)6)41-42(33)26-14-12-23(2)13-15-26/h8-19,21-22,24H,7,20H2,1-6H3,(H,37,39,43)(H2,38,40,44). The molecule has 0 fully saturated rings. The van der Waals surface area contributed by atoms with E-state index in [9.17, 15) is 9.59 Å². The summed E-state index contributed by atoms with van der Waals surface area (Å²) in [7, 11) is 0. The molecule has 0 aliphatic rings. The van der Waals surface area contributed by atoms with Gasteiger partial charge in [-0.2, -0.15) is 5.10 Å². The number of hydrogen-bond donors (Lipinski definition) is 3. The van der Waals surface area contributed by atoms with Crippen molar-refractivity contribution in [1.82, 2.24) is 14.8 Å². The monoisotopic (exact) mass is 604 g/mol. The number of amides is 3. The van der Waals surface area contributed by atoms with Gasteiger partial charge in [0.25, 0.3) is 0 Å². The van der Waals surface area contributed by atoms with E-state index < -0.39 is 0 Å². The second-order valence-corrected chi connectivity index (χ2v) is 12.2. The first-order chi connectivity index (χ1) is 21.5. The fraction of sp³-hybridized carbons (Fsp3) is 0.278. The van der Waals surface area contributed by atoms with Crippen molar-refractivity contribution >= 4 is 40.0 Å². The minimum Gasteiger partial charge on any atom is -0.490 e. The van der Waals surface area contributed by atoms with Crippen molar-refractivity contribution in [1.29, 1.82) is 0 Å². The van der Waals surface area contributed by atoms with Crippen LogP contribution in [0.4, 0.5) is 22.1 Å². The van der Waals surface area contributed by atoms with Crippen molar-refractivity contribution in [3.8, 4) is 11.4 Å². The molecule has 9 heteroatoms. The number of nitrogens with zero attached hydrogens (tertiary/aromatic N) is 3. The van der Waals surface area contributed by atoms with Crippen LogP contribution < -0.4 is 20.7 Å². The van der Waals surface area contributed by atoms with Crippen LogP contribution in [-0.4, -0.2) is 32.8 Å². The molecular formula is C36H40N6O3. The lowest BCUT2D eigenvalue weighted by molar-refractivity contribution is -0.115. The molecule has 3 aromatic carbocycles. The Morgan fingerprint density at radius 1 is 0.911 bits per heavy atom. The van der Waals surface area contributed by atoms with Gasteiger partial charge >= 0.3 is 6.03 Å². The molecule has 3 amide bonds. The Morgan fingerprint density at radius 2 is 1.64 bits per heavy atom. The first kappa shape index (κ1) is 31.3. The van der Waals surface area contributed by atoms with Crippen LogP contribution in [0.15, 0.2) is 85.1 Å². The number of anilines is 3. The highest BCUT2D eigenvalue weighted by molar-refractivity contribution is 6.07. The van der Waals surface area contributed by atoms with Crippen LogP contribution in [0.25, 0.3) is 16.5 Å². The maximum absolute atomic E-state index is 13.4. The van der Waals surface area contributed by atoms with Crippen molar-refractivity contribution in [2.75, 3.05) is 16.0 Å². The molecular weight excluding hydrogens is 564 g/mol. The molecule has 0 saturated carbocycles. The van der Waals surface area contributed by atoms with Gasteiger partial charge in [0, 0.05) is 41.3 Å². The summed E-state index contributed by atoms with van der Waals surface area (Å²) < 4.78 is 8.15. The molecule has 1 atom stereocenters. The van der Waals surface area contributed by atoms with Crippen LogP contribution in [0.3, 0.4) is 0 Å². The fourth-order valence-corrected chi connectivity index (χ4v) is 4.96. The predicted molar refractivity (Wildman–Crippen MR) is 181 cm³/mol. The average Bonchev–Trinajstić information content (AvgIpc) is 3.43. The quantitative estimate of drug-likeness (QED) is 0.158. The summed E-state index contributed by atoms with van der Waals surface area (Å²) in [6.07, 6.45) is 2.54. The average molecular weight is 605 g/mol. The fourth-order valence-electron chi connectivity index (χ4n) is 4.96. The molecule has 0 saturated heterocycles.